The zero-order valence-electron chi connectivity index (χ0n) is 28.7. The Balaban J connectivity index is 1.40. The summed E-state index contributed by atoms with van der Waals surface area (Å²) in [6, 6.07) is 6.93. The lowest BCUT2D eigenvalue weighted by atomic mass is 9.77. The SMILES string of the molecule is CC(C)C[C@H](CO)N1C(=O)[C@H]2[C@@H]3C(=O)O[C@@H](c4ccccc4)[C@H](C)NC(=O)CC/C=C\[C@@H]3O[C@]23C=CCN(CCN2CCOCC2)C(=O)[C@H]13. The number of amides is 3. The van der Waals surface area contributed by atoms with Crippen molar-refractivity contribution in [2.75, 3.05) is 52.5 Å². The second-order valence-electron chi connectivity index (χ2n) is 14.3. The smallest absolute Gasteiger partial charge is 0.313 e. The lowest BCUT2D eigenvalue weighted by Crippen LogP contribution is -2.59. The Hall–Kier alpha value is -3.58. The first-order valence-corrected chi connectivity index (χ1v) is 17.7. The van der Waals surface area contributed by atoms with Gasteiger partial charge in [-0.3, -0.25) is 24.1 Å². The van der Waals surface area contributed by atoms with Gasteiger partial charge >= 0.3 is 5.97 Å². The molecule has 12 nitrogen and oxygen atoms in total. The van der Waals surface area contributed by atoms with Gasteiger partial charge in [0.15, 0.2) is 0 Å². The van der Waals surface area contributed by atoms with Gasteiger partial charge in [-0.05, 0) is 31.2 Å². The number of aliphatic hydroxyl groups excluding tert-OH is 1. The average molecular weight is 679 g/mol. The number of carbonyl (C=O) groups excluding carboxylic acids is 4. The van der Waals surface area contributed by atoms with E-state index in [1.165, 1.54) is 4.90 Å². The fourth-order valence-electron chi connectivity index (χ4n) is 8.19. The molecule has 3 fully saturated rings. The number of hydrogen-bond donors (Lipinski definition) is 2. The number of aliphatic hydroxyl groups is 1. The van der Waals surface area contributed by atoms with Crippen LogP contribution >= 0.6 is 0 Å². The molecule has 8 atom stereocenters. The number of hydrogen-bond acceptors (Lipinski definition) is 9. The van der Waals surface area contributed by atoms with E-state index in [9.17, 15) is 24.3 Å². The van der Waals surface area contributed by atoms with Crippen LogP contribution in [0.15, 0.2) is 54.6 Å². The maximum Gasteiger partial charge on any atom is 0.313 e. The predicted octanol–water partition coefficient (Wildman–Crippen LogP) is 1.84. The molecule has 0 saturated carbocycles. The van der Waals surface area contributed by atoms with Crippen LogP contribution in [0.1, 0.15) is 51.7 Å². The van der Waals surface area contributed by atoms with Crippen LogP contribution in [0.4, 0.5) is 0 Å². The molecule has 5 aliphatic rings. The minimum absolute atomic E-state index is 0.126. The lowest BCUT2D eigenvalue weighted by molar-refractivity contribution is -0.162. The monoisotopic (exact) mass is 678 g/mol. The summed E-state index contributed by atoms with van der Waals surface area (Å²) in [6.45, 7) is 9.76. The highest BCUT2D eigenvalue weighted by atomic mass is 16.6. The Morgan fingerprint density at radius 3 is 2.49 bits per heavy atom. The zero-order chi connectivity index (χ0) is 34.7. The standard InChI is InChI=1S/C37H50N4O8/c1-24(2)22-27(23-42)41-33-35(45)40(17-16-39-18-20-47-21-19-39)15-9-14-37(33)31(34(41)44)30-28(49-37)12-7-8-13-29(43)38-25(3)32(48-36(30)46)26-10-5-4-6-11-26/h4-7,9-12,14,24-25,27-28,30-33,42H,8,13,15-23H2,1-3H3,(H,38,43)/b12-7-/t25-,27+,28-,30+,31+,32+,33-,37+/m0/s1. The molecule has 6 rings (SSSR count). The summed E-state index contributed by atoms with van der Waals surface area (Å²) in [6.07, 6.45) is 6.61. The van der Waals surface area contributed by atoms with Crippen molar-refractivity contribution in [3.8, 4) is 0 Å². The van der Waals surface area contributed by atoms with Gasteiger partial charge in [-0.25, -0.2) is 0 Å². The summed E-state index contributed by atoms with van der Waals surface area (Å²) in [5, 5.41) is 13.6. The van der Waals surface area contributed by atoms with Crippen molar-refractivity contribution in [3.05, 3.63) is 60.2 Å². The average Bonchev–Trinajstić information content (AvgIpc) is 3.49. The molecule has 0 bridgehead atoms. The third kappa shape index (κ3) is 7.06. The Morgan fingerprint density at radius 1 is 1.02 bits per heavy atom. The molecule has 12 heteroatoms. The molecule has 0 unspecified atom stereocenters. The number of nitrogens with one attached hydrogen (secondary N) is 1. The summed E-state index contributed by atoms with van der Waals surface area (Å²) >= 11 is 0. The van der Waals surface area contributed by atoms with Crippen LogP contribution in [0.3, 0.4) is 0 Å². The summed E-state index contributed by atoms with van der Waals surface area (Å²) in [7, 11) is 0. The first kappa shape index (κ1) is 35.3. The number of morpholine rings is 1. The topological polar surface area (TPSA) is 138 Å². The van der Waals surface area contributed by atoms with Crippen LogP contribution < -0.4 is 5.32 Å². The van der Waals surface area contributed by atoms with Crippen molar-refractivity contribution in [3.63, 3.8) is 0 Å². The Bertz CT molecular complexity index is 1430. The van der Waals surface area contributed by atoms with Crippen molar-refractivity contribution < 1.29 is 38.5 Å². The molecule has 1 aromatic rings. The number of fused-ring (bicyclic) bond motifs is 2. The van der Waals surface area contributed by atoms with Gasteiger partial charge in [0.1, 0.15) is 23.7 Å². The van der Waals surface area contributed by atoms with Crippen molar-refractivity contribution >= 4 is 23.7 Å². The molecule has 0 aromatic heterocycles. The molecule has 5 heterocycles. The minimum atomic E-state index is -1.47. The van der Waals surface area contributed by atoms with Gasteiger partial charge in [0, 0.05) is 39.1 Å². The van der Waals surface area contributed by atoms with Crippen LogP contribution in [0.5, 0.6) is 0 Å². The summed E-state index contributed by atoms with van der Waals surface area (Å²) in [5.41, 5.74) is -0.760. The van der Waals surface area contributed by atoms with E-state index in [-0.39, 0.29) is 30.8 Å². The number of likely N-dealkylation sites (tertiary alicyclic amines) is 1. The van der Waals surface area contributed by atoms with Gasteiger partial charge in [-0.1, -0.05) is 68.5 Å². The first-order valence-electron chi connectivity index (χ1n) is 17.7. The Labute approximate surface area is 288 Å². The van der Waals surface area contributed by atoms with Gasteiger partial charge in [-0.15, -0.1) is 0 Å². The Morgan fingerprint density at radius 2 is 1.78 bits per heavy atom. The molecule has 3 amide bonds. The van der Waals surface area contributed by atoms with Crippen molar-refractivity contribution in [1.82, 2.24) is 20.0 Å². The summed E-state index contributed by atoms with van der Waals surface area (Å²) in [4.78, 5) is 62.4. The van der Waals surface area contributed by atoms with E-state index in [1.54, 1.807) is 24.0 Å². The van der Waals surface area contributed by atoms with E-state index >= 15 is 0 Å². The number of esters is 1. The van der Waals surface area contributed by atoms with Gasteiger partial charge in [0.05, 0.1) is 43.9 Å². The molecule has 49 heavy (non-hydrogen) atoms. The van der Waals surface area contributed by atoms with E-state index < -0.39 is 59.6 Å². The molecular formula is C37H50N4O8. The number of cyclic esters (lactones) is 1. The summed E-state index contributed by atoms with van der Waals surface area (Å²) in [5.74, 6) is -3.49. The molecule has 1 spiro atoms. The quantitative estimate of drug-likeness (QED) is 0.312. The maximum atomic E-state index is 14.9. The van der Waals surface area contributed by atoms with Crippen LogP contribution in [0.25, 0.3) is 0 Å². The summed E-state index contributed by atoms with van der Waals surface area (Å²) < 4.78 is 18.6. The molecular weight excluding hydrogens is 628 g/mol. The first-order chi connectivity index (χ1) is 23.6. The fourth-order valence-corrected chi connectivity index (χ4v) is 8.19. The predicted molar refractivity (Wildman–Crippen MR) is 180 cm³/mol. The molecule has 3 saturated heterocycles. The fraction of sp³-hybridized carbons (Fsp3) is 0.622. The third-order valence-corrected chi connectivity index (χ3v) is 10.5. The second-order valence-corrected chi connectivity index (χ2v) is 14.3. The molecule has 2 N–H and O–H groups in total. The third-order valence-electron chi connectivity index (χ3n) is 10.5. The van der Waals surface area contributed by atoms with E-state index in [2.05, 4.69) is 10.2 Å². The van der Waals surface area contributed by atoms with Crippen molar-refractivity contribution in [1.29, 1.82) is 0 Å². The van der Waals surface area contributed by atoms with E-state index in [4.69, 9.17) is 14.2 Å². The van der Waals surface area contributed by atoms with Crippen LogP contribution in [0, 0.1) is 17.8 Å². The van der Waals surface area contributed by atoms with Gasteiger partial charge < -0.3 is 34.4 Å². The number of carbonyl (C=O) groups is 4. The van der Waals surface area contributed by atoms with E-state index in [0.717, 1.165) is 13.1 Å². The second kappa shape index (κ2) is 15.1. The van der Waals surface area contributed by atoms with Crippen LogP contribution in [-0.2, 0) is 33.4 Å². The molecule has 1 aromatic carbocycles. The molecule has 0 radical (unpaired) electrons. The number of ether oxygens (including phenoxy) is 3. The van der Waals surface area contributed by atoms with Crippen LogP contribution in [-0.4, -0.2) is 126 Å². The van der Waals surface area contributed by atoms with Crippen molar-refractivity contribution in [2.24, 2.45) is 17.8 Å². The largest absolute Gasteiger partial charge is 0.455 e. The highest BCUT2D eigenvalue weighted by molar-refractivity contribution is 5.99. The molecule has 0 aliphatic carbocycles. The molecule has 5 aliphatic heterocycles. The minimum Gasteiger partial charge on any atom is -0.455 e. The van der Waals surface area contributed by atoms with Crippen molar-refractivity contribution in [2.45, 2.75) is 76.0 Å². The number of benzene rings is 1. The number of allylic oxidation sites excluding steroid dienone is 1. The highest BCUT2D eigenvalue weighted by Crippen LogP contribution is 2.54. The van der Waals surface area contributed by atoms with Gasteiger partial charge in [0.2, 0.25) is 17.7 Å². The molecule has 266 valence electrons. The van der Waals surface area contributed by atoms with E-state index in [0.29, 0.717) is 51.3 Å². The lowest BCUT2D eigenvalue weighted by Gasteiger charge is -2.39. The Kier molecular flexibility index (Phi) is 10.9. The number of nitrogens with zero attached hydrogens (tertiary/aromatic N) is 3. The van der Waals surface area contributed by atoms with Gasteiger partial charge in [0.25, 0.3) is 0 Å². The number of rotatable bonds is 8. The van der Waals surface area contributed by atoms with Gasteiger partial charge in [-0.2, -0.15) is 0 Å². The zero-order valence-corrected chi connectivity index (χ0v) is 28.7. The normalized spacial score (nSPS) is 33.9. The highest BCUT2D eigenvalue weighted by Gasteiger charge is 2.72. The van der Waals surface area contributed by atoms with E-state index in [1.807, 2.05) is 56.3 Å². The maximum absolute atomic E-state index is 14.9. The van der Waals surface area contributed by atoms with Crippen LogP contribution in [0.2, 0.25) is 0 Å².